The fraction of sp³-hybridized carbons (Fsp3) is 0.273. The van der Waals surface area contributed by atoms with E-state index in [0.717, 1.165) is 0 Å². The highest BCUT2D eigenvalue weighted by molar-refractivity contribution is 5.92. The summed E-state index contributed by atoms with van der Waals surface area (Å²) in [7, 11) is 0. The molecule has 0 aliphatic carbocycles. The Kier molecular flexibility index (Phi) is 3.32. The number of nitrogen functional groups attached to an aromatic ring is 1. The third kappa shape index (κ3) is 2.62. The number of carbonyl (C=O) groups is 1. The van der Waals surface area contributed by atoms with Gasteiger partial charge in [-0.2, -0.15) is 5.10 Å². The van der Waals surface area contributed by atoms with Crippen molar-refractivity contribution in [2.24, 2.45) is 0 Å². The summed E-state index contributed by atoms with van der Waals surface area (Å²) in [6.07, 6.45) is 1.41. The van der Waals surface area contributed by atoms with Gasteiger partial charge < -0.3 is 15.5 Å². The molecule has 0 aromatic carbocycles. The average molecular weight is 263 g/mol. The topological polar surface area (TPSA) is 116 Å². The highest BCUT2D eigenvalue weighted by Gasteiger charge is 2.17. The Morgan fingerprint density at radius 3 is 2.95 bits per heavy atom. The van der Waals surface area contributed by atoms with Crippen LogP contribution in [0.4, 0.5) is 5.69 Å². The van der Waals surface area contributed by atoms with Gasteiger partial charge in [0.25, 0.3) is 5.56 Å². The summed E-state index contributed by atoms with van der Waals surface area (Å²) < 4.78 is 6.09. The Balaban J connectivity index is 2.44. The van der Waals surface area contributed by atoms with Crippen molar-refractivity contribution >= 4 is 11.7 Å². The SMILES string of the molecule is CCOC(=O)c1nn(-c2cc(=O)[nH]c(C)n2)cc1N. The molecule has 8 heteroatoms. The molecule has 2 aromatic heterocycles. The molecule has 2 rings (SSSR count). The number of H-pyrrole nitrogens is 1. The summed E-state index contributed by atoms with van der Waals surface area (Å²) in [5.74, 6) is 0.109. The molecule has 2 aromatic rings. The number of aryl methyl sites for hydroxylation is 1. The average Bonchev–Trinajstić information content (AvgIpc) is 2.70. The van der Waals surface area contributed by atoms with Gasteiger partial charge in [-0.3, -0.25) is 4.79 Å². The van der Waals surface area contributed by atoms with Gasteiger partial charge in [-0.1, -0.05) is 0 Å². The Hall–Kier alpha value is -2.64. The monoisotopic (exact) mass is 263 g/mol. The number of rotatable bonds is 3. The van der Waals surface area contributed by atoms with Crippen LogP contribution in [0.25, 0.3) is 5.82 Å². The van der Waals surface area contributed by atoms with Crippen LogP contribution in [0.15, 0.2) is 17.1 Å². The minimum atomic E-state index is -0.611. The highest BCUT2D eigenvalue weighted by atomic mass is 16.5. The zero-order valence-electron chi connectivity index (χ0n) is 10.5. The minimum absolute atomic E-state index is 0.00147. The predicted octanol–water partition coefficient (Wildman–Crippen LogP) is 0.0229. The van der Waals surface area contributed by atoms with Crippen molar-refractivity contribution in [3.63, 3.8) is 0 Å². The standard InChI is InChI=1S/C11H13N5O3/c1-3-19-11(18)10-7(12)5-16(15-10)8-4-9(17)14-6(2)13-8/h4-5H,3,12H2,1-2H3,(H,13,14,17). The lowest BCUT2D eigenvalue weighted by atomic mass is 10.4. The maximum absolute atomic E-state index is 11.6. The molecule has 0 radical (unpaired) electrons. The molecule has 0 aliphatic rings. The van der Waals surface area contributed by atoms with Gasteiger partial charge in [-0.05, 0) is 13.8 Å². The lowest BCUT2D eigenvalue weighted by Crippen LogP contribution is -2.13. The number of aromatic nitrogens is 4. The van der Waals surface area contributed by atoms with Crippen LogP contribution >= 0.6 is 0 Å². The minimum Gasteiger partial charge on any atom is -0.461 e. The summed E-state index contributed by atoms with van der Waals surface area (Å²) in [5, 5.41) is 3.98. The van der Waals surface area contributed by atoms with Crippen LogP contribution in [-0.2, 0) is 4.74 Å². The van der Waals surface area contributed by atoms with Gasteiger partial charge in [0.2, 0.25) is 0 Å². The normalized spacial score (nSPS) is 10.4. The van der Waals surface area contributed by atoms with E-state index in [2.05, 4.69) is 15.1 Å². The Labute approximate surface area is 108 Å². The maximum atomic E-state index is 11.6. The molecule has 3 N–H and O–H groups in total. The van der Waals surface area contributed by atoms with E-state index < -0.39 is 5.97 Å². The third-order valence-electron chi connectivity index (χ3n) is 2.29. The highest BCUT2D eigenvalue weighted by Crippen LogP contribution is 2.13. The molecular formula is C11H13N5O3. The number of hydrogen-bond acceptors (Lipinski definition) is 6. The number of nitrogens with one attached hydrogen (secondary N) is 1. The maximum Gasteiger partial charge on any atom is 0.361 e. The van der Waals surface area contributed by atoms with Gasteiger partial charge in [-0.15, -0.1) is 0 Å². The summed E-state index contributed by atoms with van der Waals surface area (Å²) in [5.41, 5.74) is 5.54. The summed E-state index contributed by atoms with van der Waals surface area (Å²) in [6, 6.07) is 1.26. The number of anilines is 1. The Bertz CT molecular complexity index is 673. The van der Waals surface area contributed by atoms with E-state index in [0.29, 0.717) is 5.82 Å². The van der Waals surface area contributed by atoms with Crippen molar-refractivity contribution in [3.8, 4) is 5.82 Å². The first kappa shape index (κ1) is 12.8. The Morgan fingerprint density at radius 2 is 2.32 bits per heavy atom. The largest absolute Gasteiger partial charge is 0.461 e. The molecular weight excluding hydrogens is 250 g/mol. The van der Waals surface area contributed by atoms with E-state index in [1.165, 1.54) is 16.9 Å². The molecule has 0 unspecified atom stereocenters. The molecule has 0 bridgehead atoms. The van der Waals surface area contributed by atoms with E-state index in [9.17, 15) is 9.59 Å². The van der Waals surface area contributed by atoms with Crippen LogP contribution < -0.4 is 11.3 Å². The summed E-state index contributed by atoms with van der Waals surface area (Å²) in [6.45, 7) is 3.56. The molecule has 2 heterocycles. The number of ether oxygens (including phenoxy) is 1. The van der Waals surface area contributed by atoms with Crippen LogP contribution in [0.1, 0.15) is 23.2 Å². The second-order valence-corrected chi connectivity index (χ2v) is 3.79. The fourth-order valence-corrected chi connectivity index (χ4v) is 1.54. The molecule has 0 saturated carbocycles. The van der Waals surface area contributed by atoms with Gasteiger partial charge >= 0.3 is 5.97 Å². The van der Waals surface area contributed by atoms with Gasteiger partial charge in [0, 0.05) is 6.07 Å². The second kappa shape index (κ2) is 4.92. The van der Waals surface area contributed by atoms with Crippen molar-refractivity contribution in [2.75, 3.05) is 12.3 Å². The molecule has 19 heavy (non-hydrogen) atoms. The molecule has 0 aliphatic heterocycles. The first-order valence-corrected chi connectivity index (χ1v) is 5.62. The van der Waals surface area contributed by atoms with Crippen LogP contribution in [0.3, 0.4) is 0 Å². The summed E-state index contributed by atoms with van der Waals surface area (Å²) in [4.78, 5) is 29.5. The van der Waals surface area contributed by atoms with Crippen molar-refractivity contribution in [2.45, 2.75) is 13.8 Å². The predicted molar refractivity (Wildman–Crippen MR) is 67.1 cm³/mol. The number of nitrogens with two attached hydrogens (primary N) is 1. The number of nitrogens with zero attached hydrogens (tertiary/aromatic N) is 3. The second-order valence-electron chi connectivity index (χ2n) is 3.79. The molecule has 100 valence electrons. The fourth-order valence-electron chi connectivity index (χ4n) is 1.54. The first-order chi connectivity index (χ1) is 9.01. The van der Waals surface area contributed by atoms with Crippen LogP contribution in [-0.4, -0.2) is 32.3 Å². The van der Waals surface area contributed by atoms with E-state index >= 15 is 0 Å². The van der Waals surface area contributed by atoms with Crippen LogP contribution in [0.5, 0.6) is 0 Å². The molecule has 8 nitrogen and oxygen atoms in total. The Morgan fingerprint density at radius 1 is 1.58 bits per heavy atom. The number of hydrogen-bond donors (Lipinski definition) is 2. The molecule has 0 atom stereocenters. The quantitative estimate of drug-likeness (QED) is 0.754. The molecule has 0 fully saturated rings. The van der Waals surface area contributed by atoms with Crippen molar-refractivity contribution in [1.29, 1.82) is 0 Å². The zero-order chi connectivity index (χ0) is 14.0. The first-order valence-electron chi connectivity index (χ1n) is 5.62. The van der Waals surface area contributed by atoms with E-state index in [-0.39, 0.29) is 29.4 Å². The van der Waals surface area contributed by atoms with Gasteiger partial charge in [0.15, 0.2) is 11.5 Å². The summed E-state index contributed by atoms with van der Waals surface area (Å²) >= 11 is 0. The van der Waals surface area contributed by atoms with Crippen molar-refractivity contribution in [3.05, 3.63) is 34.1 Å². The van der Waals surface area contributed by atoms with Crippen molar-refractivity contribution < 1.29 is 9.53 Å². The van der Waals surface area contributed by atoms with Gasteiger partial charge in [0.1, 0.15) is 5.82 Å². The lowest BCUT2D eigenvalue weighted by molar-refractivity contribution is 0.0520. The van der Waals surface area contributed by atoms with Crippen molar-refractivity contribution in [1.82, 2.24) is 19.7 Å². The van der Waals surface area contributed by atoms with E-state index in [1.54, 1.807) is 13.8 Å². The van der Waals surface area contributed by atoms with E-state index in [1.807, 2.05) is 0 Å². The van der Waals surface area contributed by atoms with Crippen LogP contribution in [0.2, 0.25) is 0 Å². The molecule has 0 saturated heterocycles. The van der Waals surface area contributed by atoms with Gasteiger partial charge in [0.05, 0.1) is 18.5 Å². The third-order valence-corrected chi connectivity index (χ3v) is 2.29. The zero-order valence-corrected chi connectivity index (χ0v) is 10.5. The lowest BCUT2D eigenvalue weighted by Gasteiger charge is -2.00. The molecule has 0 amide bonds. The number of carbonyl (C=O) groups excluding carboxylic acids is 1. The molecule has 0 spiro atoms. The smallest absolute Gasteiger partial charge is 0.361 e. The van der Waals surface area contributed by atoms with Gasteiger partial charge in [-0.25, -0.2) is 14.5 Å². The number of aromatic amines is 1. The van der Waals surface area contributed by atoms with Crippen LogP contribution in [0, 0.1) is 6.92 Å². The van der Waals surface area contributed by atoms with E-state index in [4.69, 9.17) is 10.5 Å². The number of esters is 1.